The third-order valence-electron chi connectivity index (χ3n) is 2.59. The smallest absolute Gasteiger partial charge is 0.283 e. The number of nitrogens with one attached hydrogen (secondary N) is 1. The first-order valence-electron chi connectivity index (χ1n) is 5.59. The summed E-state index contributed by atoms with van der Waals surface area (Å²) < 4.78 is 13.3. The fourth-order valence-electron chi connectivity index (χ4n) is 1.67. The second kappa shape index (κ2) is 6.19. The second-order valence-electron chi connectivity index (χ2n) is 3.97. The van der Waals surface area contributed by atoms with Gasteiger partial charge in [0.05, 0.1) is 15.6 Å². The lowest BCUT2D eigenvalue weighted by molar-refractivity contribution is -0.385. The molecule has 1 amide bonds. The number of carbonyl (C=O) groups excluding carboxylic acids is 1. The minimum absolute atomic E-state index is 0.0417. The van der Waals surface area contributed by atoms with Gasteiger partial charge in [0.1, 0.15) is 11.4 Å². The third kappa shape index (κ3) is 3.37. The molecule has 0 spiro atoms. The summed E-state index contributed by atoms with van der Waals surface area (Å²) in [6.07, 6.45) is 0. The fourth-order valence-corrected chi connectivity index (χ4v) is 2.37. The standard InChI is InChI=1S/C13H7BrClFN2O3/c14-8-6-7(16)4-5-10(8)17-13(19)12-9(15)2-1-3-11(12)18(20)21/h1-6H,(H,17,19). The van der Waals surface area contributed by atoms with Crippen LogP contribution in [0, 0.1) is 15.9 Å². The molecule has 0 aliphatic carbocycles. The minimum atomic E-state index is -0.750. The predicted molar refractivity (Wildman–Crippen MR) is 80.2 cm³/mol. The van der Waals surface area contributed by atoms with E-state index in [0.717, 1.165) is 12.1 Å². The van der Waals surface area contributed by atoms with Crippen molar-refractivity contribution in [2.75, 3.05) is 5.32 Å². The Morgan fingerprint density at radius 2 is 2.05 bits per heavy atom. The number of carbonyl (C=O) groups is 1. The third-order valence-corrected chi connectivity index (χ3v) is 3.57. The van der Waals surface area contributed by atoms with Gasteiger partial charge in [0.15, 0.2) is 0 Å². The van der Waals surface area contributed by atoms with Crippen LogP contribution in [0.5, 0.6) is 0 Å². The fraction of sp³-hybridized carbons (Fsp3) is 0. The summed E-state index contributed by atoms with van der Waals surface area (Å²) in [5.41, 5.74) is -0.380. The molecule has 2 aromatic carbocycles. The van der Waals surface area contributed by atoms with Gasteiger partial charge in [0, 0.05) is 10.5 Å². The number of benzene rings is 2. The molecule has 2 aromatic rings. The lowest BCUT2D eigenvalue weighted by Gasteiger charge is -2.09. The molecule has 0 heterocycles. The quantitative estimate of drug-likeness (QED) is 0.640. The first-order valence-corrected chi connectivity index (χ1v) is 6.76. The van der Waals surface area contributed by atoms with E-state index in [1.165, 1.54) is 24.3 Å². The van der Waals surface area contributed by atoms with Crippen LogP contribution in [0.2, 0.25) is 5.02 Å². The average molecular weight is 374 g/mol. The van der Waals surface area contributed by atoms with Crippen LogP contribution in [-0.4, -0.2) is 10.8 Å². The summed E-state index contributed by atoms with van der Waals surface area (Å²) in [5, 5.41) is 13.4. The maximum absolute atomic E-state index is 13.0. The highest BCUT2D eigenvalue weighted by atomic mass is 79.9. The highest BCUT2D eigenvalue weighted by molar-refractivity contribution is 9.10. The van der Waals surface area contributed by atoms with Crippen LogP contribution >= 0.6 is 27.5 Å². The lowest BCUT2D eigenvalue weighted by Crippen LogP contribution is -2.15. The Hall–Kier alpha value is -1.99. The molecule has 108 valence electrons. The Morgan fingerprint density at radius 3 is 2.67 bits per heavy atom. The monoisotopic (exact) mass is 372 g/mol. The molecule has 0 unspecified atom stereocenters. The molecule has 0 fully saturated rings. The van der Waals surface area contributed by atoms with Crippen molar-refractivity contribution in [1.82, 2.24) is 0 Å². The van der Waals surface area contributed by atoms with Crippen molar-refractivity contribution in [3.63, 3.8) is 0 Å². The minimum Gasteiger partial charge on any atom is -0.321 e. The van der Waals surface area contributed by atoms with E-state index in [2.05, 4.69) is 21.2 Å². The molecular weight excluding hydrogens is 367 g/mol. The van der Waals surface area contributed by atoms with Crippen molar-refractivity contribution in [2.45, 2.75) is 0 Å². The molecule has 0 radical (unpaired) electrons. The van der Waals surface area contributed by atoms with Gasteiger partial charge >= 0.3 is 0 Å². The van der Waals surface area contributed by atoms with Crippen molar-refractivity contribution in [3.05, 3.63) is 67.4 Å². The van der Waals surface area contributed by atoms with E-state index in [-0.39, 0.29) is 16.3 Å². The maximum Gasteiger partial charge on any atom is 0.283 e. The molecule has 0 aromatic heterocycles. The van der Waals surface area contributed by atoms with Crippen LogP contribution in [0.25, 0.3) is 0 Å². The first kappa shape index (κ1) is 15.4. The summed E-state index contributed by atoms with van der Waals surface area (Å²) in [4.78, 5) is 22.4. The van der Waals surface area contributed by atoms with Crippen LogP contribution in [0.4, 0.5) is 15.8 Å². The SMILES string of the molecule is O=C(Nc1ccc(F)cc1Br)c1c(Cl)cccc1[N+](=O)[O-]. The van der Waals surface area contributed by atoms with E-state index in [0.29, 0.717) is 4.47 Å². The molecule has 0 aliphatic rings. The zero-order valence-corrected chi connectivity index (χ0v) is 12.6. The largest absolute Gasteiger partial charge is 0.321 e. The number of rotatable bonds is 3. The number of hydrogen-bond acceptors (Lipinski definition) is 3. The zero-order valence-electron chi connectivity index (χ0n) is 10.3. The van der Waals surface area contributed by atoms with Crippen LogP contribution in [-0.2, 0) is 0 Å². The van der Waals surface area contributed by atoms with Gasteiger partial charge in [-0.05, 0) is 40.2 Å². The number of halogens is 3. The number of nitrogens with zero attached hydrogens (tertiary/aromatic N) is 1. The van der Waals surface area contributed by atoms with Crippen molar-refractivity contribution in [3.8, 4) is 0 Å². The summed E-state index contributed by atoms with van der Waals surface area (Å²) in [5.74, 6) is -1.23. The van der Waals surface area contributed by atoms with Crippen LogP contribution in [0.1, 0.15) is 10.4 Å². The Bertz CT molecular complexity index is 739. The molecule has 5 nitrogen and oxygen atoms in total. The highest BCUT2D eigenvalue weighted by Gasteiger charge is 2.23. The number of anilines is 1. The van der Waals surface area contributed by atoms with E-state index in [4.69, 9.17) is 11.6 Å². The van der Waals surface area contributed by atoms with Crippen molar-refractivity contribution >= 4 is 44.8 Å². The molecule has 0 saturated heterocycles. The number of hydrogen-bond donors (Lipinski definition) is 1. The number of nitro benzene ring substituents is 1. The summed E-state index contributed by atoms with van der Waals surface area (Å²) in [7, 11) is 0. The number of nitro groups is 1. The molecule has 0 aliphatic heterocycles. The number of amides is 1. The lowest BCUT2D eigenvalue weighted by atomic mass is 10.1. The highest BCUT2D eigenvalue weighted by Crippen LogP contribution is 2.29. The van der Waals surface area contributed by atoms with Gasteiger partial charge in [-0.15, -0.1) is 0 Å². The molecule has 0 saturated carbocycles. The van der Waals surface area contributed by atoms with E-state index in [1.807, 2.05) is 0 Å². The second-order valence-corrected chi connectivity index (χ2v) is 5.23. The van der Waals surface area contributed by atoms with Gasteiger partial charge in [0.25, 0.3) is 11.6 Å². The average Bonchev–Trinajstić information content (AvgIpc) is 2.41. The van der Waals surface area contributed by atoms with Gasteiger partial charge in [-0.3, -0.25) is 14.9 Å². The van der Waals surface area contributed by atoms with Crippen molar-refractivity contribution < 1.29 is 14.1 Å². The van der Waals surface area contributed by atoms with Crippen molar-refractivity contribution in [1.29, 1.82) is 0 Å². The summed E-state index contributed by atoms with van der Waals surface area (Å²) in [6, 6.07) is 7.59. The van der Waals surface area contributed by atoms with Gasteiger partial charge in [-0.1, -0.05) is 17.7 Å². The van der Waals surface area contributed by atoms with E-state index in [9.17, 15) is 19.3 Å². The molecule has 8 heteroatoms. The maximum atomic E-state index is 13.0. The van der Waals surface area contributed by atoms with E-state index in [1.54, 1.807) is 0 Å². The normalized spacial score (nSPS) is 10.2. The molecule has 21 heavy (non-hydrogen) atoms. The Balaban J connectivity index is 2.39. The van der Waals surface area contributed by atoms with Gasteiger partial charge < -0.3 is 5.32 Å². The van der Waals surface area contributed by atoms with Crippen LogP contribution in [0.3, 0.4) is 0 Å². The van der Waals surface area contributed by atoms with Gasteiger partial charge in [0.2, 0.25) is 0 Å². The first-order chi connectivity index (χ1) is 9.90. The molecule has 1 N–H and O–H groups in total. The topological polar surface area (TPSA) is 72.2 Å². The van der Waals surface area contributed by atoms with E-state index < -0.39 is 22.3 Å². The van der Waals surface area contributed by atoms with Crippen molar-refractivity contribution in [2.24, 2.45) is 0 Å². The summed E-state index contributed by atoms with van der Waals surface area (Å²) >= 11 is 8.96. The van der Waals surface area contributed by atoms with Crippen LogP contribution in [0.15, 0.2) is 40.9 Å². The molecule has 0 atom stereocenters. The molecule has 2 rings (SSSR count). The zero-order chi connectivity index (χ0) is 15.6. The van der Waals surface area contributed by atoms with Gasteiger partial charge in [-0.2, -0.15) is 0 Å². The summed E-state index contributed by atoms with van der Waals surface area (Å²) in [6.45, 7) is 0. The van der Waals surface area contributed by atoms with Crippen LogP contribution < -0.4 is 5.32 Å². The Morgan fingerprint density at radius 1 is 1.33 bits per heavy atom. The van der Waals surface area contributed by atoms with E-state index >= 15 is 0 Å². The molecular formula is C13H7BrClFN2O3. The van der Waals surface area contributed by atoms with Gasteiger partial charge in [-0.25, -0.2) is 4.39 Å². The molecule has 0 bridgehead atoms. The Labute approximate surface area is 132 Å². The Kier molecular flexibility index (Phi) is 4.54. The predicted octanol–water partition coefficient (Wildman–Crippen LogP) is 4.40.